The lowest BCUT2D eigenvalue weighted by molar-refractivity contribution is 0.0406. The summed E-state index contributed by atoms with van der Waals surface area (Å²) in [5.41, 5.74) is 0. The van der Waals surface area contributed by atoms with Crippen molar-refractivity contribution in [1.29, 1.82) is 0 Å². The second-order valence-corrected chi connectivity index (χ2v) is 14.8. The van der Waals surface area contributed by atoms with E-state index >= 15 is 0 Å². The Labute approximate surface area is 250 Å². The van der Waals surface area contributed by atoms with E-state index in [0.717, 1.165) is 65.4 Å². The second-order valence-electron chi connectivity index (χ2n) is 10.1. The molecule has 0 aromatic heterocycles. The Morgan fingerprint density at radius 2 is 0.667 bits per heavy atom. The van der Waals surface area contributed by atoms with Crippen molar-refractivity contribution in [2.45, 2.75) is 0 Å². The first-order valence-electron chi connectivity index (χ1n) is 13.9. The zero-order chi connectivity index (χ0) is 31.7. The number of nitrogens with zero attached hydrogens (tertiary/aromatic N) is 5. The maximum Gasteiger partial charge on any atom is 0.266 e. The molecule has 0 unspecified atom stereocenters. The van der Waals surface area contributed by atoms with Gasteiger partial charge in [0.25, 0.3) is 30.4 Å². The smallest absolute Gasteiger partial charge is 0.266 e. The molecule has 20 heteroatoms. The van der Waals surface area contributed by atoms with Gasteiger partial charge in [0, 0.05) is 98.2 Å². The monoisotopic (exact) mass is 671 g/mol. The Balaban J connectivity index is 0.000000317. The van der Waals surface area contributed by atoms with Crippen molar-refractivity contribution >= 4 is 30.4 Å². The Kier molecular flexibility index (Phi) is 19.2. The molecule has 0 radical (unpaired) electrons. The highest BCUT2D eigenvalue weighted by Crippen LogP contribution is 2.02. The SMILES string of the molecule is O=S(=O)(O)CCN1CCN(CCO)CC1.O=S(=O)(O)CCN1CCN(CCO)CC1.O=S(=O)(O)CCN1CCOCC1. The zero-order valence-electron chi connectivity index (χ0n) is 24.1. The average Bonchev–Trinajstić information content (AvgIpc) is 2.92. The molecule has 5 N–H and O–H groups in total. The summed E-state index contributed by atoms with van der Waals surface area (Å²) in [5, 5.41) is 17.5. The first kappa shape index (κ1) is 39.4. The first-order chi connectivity index (χ1) is 19.6. The third kappa shape index (κ3) is 22.0. The summed E-state index contributed by atoms with van der Waals surface area (Å²) < 4.78 is 93.6. The predicted molar refractivity (Wildman–Crippen MR) is 156 cm³/mol. The number of morpholine rings is 1. The van der Waals surface area contributed by atoms with Crippen LogP contribution in [0.4, 0.5) is 0 Å². The molecule has 0 spiro atoms. The molecule has 252 valence electrons. The minimum atomic E-state index is -3.84. The van der Waals surface area contributed by atoms with Crippen molar-refractivity contribution in [3.63, 3.8) is 0 Å². The molecule has 3 fully saturated rings. The maximum absolute atomic E-state index is 10.5. The van der Waals surface area contributed by atoms with E-state index in [0.29, 0.717) is 45.9 Å². The van der Waals surface area contributed by atoms with Crippen molar-refractivity contribution < 1.29 is 53.9 Å². The third-order valence-corrected chi connectivity index (χ3v) is 8.96. The minimum Gasteiger partial charge on any atom is -0.395 e. The molecule has 3 saturated heterocycles. The lowest BCUT2D eigenvalue weighted by atomic mass is 10.3. The number of aliphatic hydroxyl groups is 2. The van der Waals surface area contributed by atoms with Gasteiger partial charge < -0.3 is 14.9 Å². The van der Waals surface area contributed by atoms with Gasteiger partial charge >= 0.3 is 0 Å². The van der Waals surface area contributed by atoms with Crippen LogP contribution in [-0.2, 0) is 35.1 Å². The Hall–Kier alpha value is -0.590. The molecule has 0 aromatic rings. The van der Waals surface area contributed by atoms with Crippen LogP contribution in [0.3, 0.4) is 0 Å². The quantitative estimate of drug-likeness (QED) is 0.118. The molecule has 0 saturated carbocycles. The standard InChI is InChI=1S/2C8H18N2O4S.C6H13NO4S/c2*11-7-5-9-1-3-10(4-2-9)6-8-15(12,13)14;8-12(9,10)6-3-7-1-4-11-5-2-7/h2*11H,1-8H2,(H,12,13,14);1-6H2,(H,8,9,10). The summed E-state index contributed by atoms with van der Waals surface area (Å²) in [4.78, 5) is 10.2. The van der Waals surface area contributed by atoms with Crippen molar-refractivity contribution in [2.75, 3.05) is 142 Å². The largest absolute Gasteiger partial charge is 0.395 e. The molecule has 3 rings (SSSR count). The van der Waals surface area contributed by atoms with E-state index in [1.807, 2.05) is 14.7 Å². The van der Waals surface area contributed by atoms with E-state index in [1.54, 1.807) is 0 Å². The van der Waals surface area contributed by atoms with E-state index in [1.165, 1.54) is 0 Å². The molecule has 3 aliphatic rings. The Morgan fingerprint density at radius 3 is 0.905 bits per heavy atom. The second kappa shape index (κ2) is 20.4. The normalized spacial score (nSPS) is 20.8. The number of piperazine rings is 2. The highest BCUT2D eigenvalue weighted by molar-refractivity contribution is 7.86. The van der Waals surface area contributed by atoms with Crippen LogP contribution < -0.4 is 0 Å². The number of hydrogen-bond acceptors (Lipinski definition) is 14. The predicted octanol–water partition coefficient (Wildman–Crippen LogP) is -3.83. The van der Waals surface area contributed by atoms with Crippen molar-refractivity contribution in [3.05, 3.63) is 0 Å². The molecular weight excluding hydrogens is 622 g/mol. The van der Waals surface area contributed by atoms with Crippen LogP contribution in [0.25, 0.3) is 0 Å². The van der Waals surface area contributed by atoms with Gasteiger partial charge in [-0.15, -0.1) is 0 Å². The average molecular weight is 672 g/mol. The summed E-state index contributed by atoms with van der Waals surface area (Å²) in [6, 6.07) is 0. The molecule has 0 aliphatic carbocycles. The van der Waals surface area contributed by atoms with Crippen LogP contribution in [0.5, 0.6) is 0 Å². The van der Waals surface area contributed by atoms with E-state index in [4.69, 9.17) is 28.6 Å². The molecule has 17 nitrogen and oxygen atoms in total. The van der Waals surface area contributed by atoms with Crippen LogP contribution >= 0.6 is 0 Å². The van der Waals surface area contributed by atoms with E-state index < -0.39 is 30.4 Å². The molecule has 0 bridgehead atoms. The van der Waals surface area contributed by atoms with E-state index in [9.17, 15) is 25.3 Å². The van der Waals surface area contributed by atoms with Gasteiger partial charge in [0.05, 0.1) is 43.7 Å². The molecule has 3 aliphatic heterocycles. The molecule has 3 heterocycles. The summed E-state index contributed by atoms with van der Waals surface area (Å²) in [6.07, 6.45) is 0. The van der Waals surface area contributed by atoms with Crippen LogP contribution in [0, 0.1) is 0 Å². The number of aliphatic hydroxyl groups excluding tert-OH is 2. The van der Waals surface area contributed by atoms with Gasteiger partial charge in [-0.3, -0.25) is 38.2 Å². The highest BCUT2D eigenvalue weighted by Gasteiger charge is 2.19. The van der Waals surface area contributed by atoms with E-state index in [-0.39, 0.29) is 30.5 Å². The topological polar surface area (TPSA) is 229 Å². The van der Waals surface area contributed by atoms with Crippen LogP contribution in [-0.4, -0.2) is 215 Å². The molecule has 42 heavy (non-hydrogen) atoms. The first-order valence-corrected chi connectivity index (χ1v) is 18.7. The van der Waals surface area contributed by atoms with Gasteiger partial charge in [0.15, 0.2) is 0 Å². The van der Waals surface area contributed by atoms with Gasteiger partial charge in [-0.25, -0.2) is 0 Å². The van der Waals surface area contributed by atoms with Gasteiger partial charge in [-0.1, -0.05) is 0 Å². The molecule has 0 amide bonds. The molecular formula is C22H49N5O12S3. The molecule has 0 aromatic carbocycles. The fourth-order valence-electron chi connectivity index (χ4n) is 4.31. The fraction of sp³-hybridized carbons (Fsp3) is 1.00. The molecule has 0 atom stereocenters. The summed E-state index contributed by atoms with van der Waals surface area (Å²) >= 11 is 0. The lowest BCUT2D eigenvalue weighted by Crippen LogP contribution is -2.48. The fourth-order valence-corrected chi connectivity index (χ4v) is 5.78. The minimum absolute atomic E-state index is 0.158. The summed E-state index contributed by atoms with van der Waals surface area (Å²) in [6.45, 7) is 12.1. The van der Waals surface area contributed by atoms with Crippen molar-refractivity contribution in [1.82, 2.24) is 24.5 Å². The number of ether oxygens (including phenoxy) is 1. The van der Waals surface area contributed by atoms with Crippen LogP contribution in [0.2, 0.25) is 0 Å². The number of rotatable bonds is 13. The third-order valence-electron chi connectivity index (χ3n) is 6.86. The summed E-state index contributed by atoms with van der Waals surface area (Å²) in [5.74, 6) is -0.590. The Bertz CT molecular complexity index is 969. The van der Waals surface area contributed by atoms with Crippen molar-refractivity contribution in [3.8, 4) is 0 Å². The van der Waals surface area contributed by atoms with Crippen LogP contribution in [0.1, 0.15) is 0 Å². The highest BCUT2D eigenvalue weighted by atomic mass is 32.2. The summed E-state index contributed by atoms with van der Waals surface area (Å²) in [7, 11) is -11.5. The van der Waals surface area contributed by atoms with Gasteiger partial charge in [0.2, 0.25) is 0 Å². The number of β-amino-alcohol motifs (C(OH)–C–C–N with tert-alkyl or cyclic N) is 2. The van der Waals surface area contributed by atoms with Gasteiger partial charge in [-0.2, -0.15) is 25.3 Å². The van der Waals surface area contributed by atoms with Gasteiger partial charge in [0.1, 0.15) is 0 Å². The van der Waals surface area contributed by atoms with Crippen molar-refractivity contribution in [2.24, 2.45) is 0 Å². The Morgan fingerprint density at radius 1 is 0.429 bits per heavy atom. The zero-order valence-corrected chi connectivity index (χ0v) is 26.6. The van der Waals surface area contributed by atoms with E-state index in [2.05, 4.69) is 9.80 Å². The lowest BCUT2D eigenvalue weighted by Gasteiger charge is -2.33. The van der Waals surface area contributed by atoms with Crippen LogP contribution in [0.15, 0.2) is 0 Å². The maximum atomic E-state index is 10.5. The number of hydrogen-bond donors (Lipinski definition) is 5. The van der Waals surface area contributed by atoms with Gasteiger partial charge in [-0.05, 0) is 0 Å².